The van der Waals surface area contributed by atoms with E-state index in [1.807, 2.05) is 30.3 Å². The van der Waals surface area contributed by atoms with E-state index in [1.54, 1.807) is 11.3 Å². The molecule has 4 heterocycles. The molecule has 5 nitrogen and oxygen atoms in total. The monoisotopic (exact) mass is 822 g/mol. The molecule has 4 aromatic heterocycles. The van der Waals surface area contributed by atoms with E-state index in [4.69, 9.17) is 19.4 Å². The molecule has 6 heteroatoms. The van der Waals surface area contributed by atoms with Crippen molar-refractivity contribution in [2.45, 2.75) is 0 Å². The number of fused-ring (bicyclic) bond motifs is 9. The van der Waals surface area contributed by atoms with Crippen LogP contribution in [-0.2, 0) is 0 Å². The molecule has 0 atom stereocenters. The molecule has 0 spiro atoms. The lowest BCUT2D eigenvalue weighted by molar-refractivity contribution is 0.669. The SMILES string of the molecule is c1ccc(-c2ccc3c4ccccc4n(-c4ccc5oc6cc(-c7nc(-c8ccccc8)nc(-c8ccc9c(c8)sc8cccc(-c%10ccccc%10)c89)n7)ccc6c5c4)c3c2)cc1. The van der Waals surface area contributed by atoms with Crippen molar-refractivity contribution in [2.75, 3.05) is 0 Å². The molecule has 13 aromatic rings. The van der Waals surface area contributed by atoms with Crippen LogP contribution in [0.2, 0.25) is 0 Å². The fraction of sp³-hybridized carbons (Fsp3) is 0. The number of para-hydroxylation sites is 1. The summed E-state index contributed by atoms with van der Waals surface area (Å²) in [6, 6.07) is 72.7. The zero-order valence-corrected chi connectivity index (χ0v) is 34.6. The number of aromatic nitrogens is 4. The van der Waals surface area contributed by atoms with Crippen molar-refractivity contribution in [3.63, 3.8) is 0 Å². The Labute approximate surface area is 365 Å². The van der Waals surface area contributed by atoms with Gasteiger partial charge in [0.1, 0.15) is 11.2 Å². The van der Waals surface area contributed by atoms with Crippen LogP contribution in [0.3, 0.4) is 0 Å². The second kappa shape index (κ2) is 14.2. The summed E-state index contributed by atoms with van der Waals surface area (Å²) >= 11 is 1.80. The van der Waals surface area contributed by atoms with Crippen LogP contribution in [0.25, 0.3) is 126 Å². The smallest absolute Gasteiger partial charge is 0.164 e. The van der Waals surface area contributed by atoms with Crippen molar-refractivity contribution in [3.8, 4) is 62.1 Å². The second-order valence-corrected chi connectivity index (χ2v) is 17.1. The van der Waals surface area contributed by atoms with Crippen molar-refractivity contribution in [1.29, 1.82) is 0 Å². The molecule has 0 aliphatic carbocycles. The Hall–Kier alpha value is -8.19. The van der Waals surface area contributed by atoms with Crippen LogP contribution in [-0.4, -0.2) is 19.5 Å². The summed E-state index contributed by atoms with van der Waals surface area (Å²) in [5.41, 5.74) is 12.6. The van der Waals surface area contributed by atoms with Gasteiger partial charge in [-0.15, -0.1) is 11.3 Å². The Kier molecular flexibility index (Phi) is 8.01. The van der Waals surface area contributed by atoms with Crippen LogP contribution in [0.4, 0.5) is 0 Å². The highest BCUT2D eigenvalue weighted by Gasteiger charge is 2.19. The van der Waals surface area contributed by atoms with E-state index in [9.17, 15) is 0 Å². The van der Waals surface area contributed by atoms with Gasteiger partial charge in [0.2, 0.25) is 0 Å². The highest BCUT2D eigenvalue weighted by atomic mass is 32.1. The zero-order chi connectivity index (χ0) is 41.4. The number of furan rings is 1. The van der Waals surface area contributed by atoms with Gasteiger partial charge in [-0.1, -0.05) is 152 Å². The summed E-state index contributed by atoms with van der Waals surface area (Å²) in [4.78, 5) is 15.3. The Morgan fingerprint density at radius 1 is 0.349 bits per heavy atom. The molecule has 0 saturated carbocycles. The van der Waals surface area contributed by atoms with Gasteiger partial charge in [-0.3, -0.25) is 0 Å². The molecule has 0 saturated heterocycles. The molecule has 0 fully saturated rings. The first kappa shape index (κ1) is 35.6. The predicted octanol–water partition coefficient (Wildman–Crippen LogP) is 15.6. The molecule has 0 bridgehead atoms. The molecular formula is C57H34N4OS. The average Bonchev–Trinajstić information content (AvgIpc) is 4.03. The van der Waals surface area contributed by atoms with Gasteiger partial charge in [0, 0.05) is 64.1 Å². The summed E-state index contributed by atoms with van der Waals surface area (Å²) < 4.78 is 11.4. The molecule has 294 valence electrons. The third kappa shape index (κ3) is 5.87. The molecule has 0 aliphatic rings. The summed E-state index contributed by atoms with van der Waals surface area (Å²) in [5.74, 6) is 1.83. The lowest BCUT2D eigenvalue weighted by atomic mass is 9.99. The van der Waals surface area contributed by atoms with Crippen molar-refractivity contribution < 1.29 is 4.42 Å². The summed E-state index contributed by atoms with van der Waals surface area (Å²) in [6.45, 7) is 0. The normalized spacial score (nSPS) is 11.8. The first-order valence-corrected chi connectivity index (χ1v) is 21.9. The lowest BCUT2D eigenvalue weighted by Gasteiger charge is -2.09. The standard InChI is InChI=1S/C57H34N4OS/c1-4-13-35(14-5-1)38-23-27-44-43-19-10-11-21-48(43)61(49(44)31-38)41-26-30-50-47(34-41)45-28-24-39(32-51(45)62-50)56-58-55(37-17-8-3-9-18-37)59-57(60-56)40-25-29-46-53(33-40)63-52-22-12-20-42(54(46)52)36-15-6-2-7-16-36/h1-34H. The van der Waals surface area contributed by atoms with E-state index in [1.165, 1.54) is 53.2 Å². The molecule has 63 heavy (non-hydrogen) atoms. The van der Waals surface area contributed by atoms with E-state index in [0.29, 0.717) is 17.5 Å². The van der Waals surface area contributed by atoms with Gasteiger partial charge in [0.15, 0.2) is 17.5 Å². The Bertz CT molecular complexity index is 3910. The van der Waals surface area contributed by atoms with Gasteiger partial charge < -0.3 is 8.98 Å². The molecule has 0 radical (unpaired) electrons. The molecule has 13 rings (SSSR count). The maximum atomic E-state index is 6.61. The van der Waals surface area contributed by atoms with Crippen LogP contribution in [0.1, 0.15) is 0 Å². The highest BCUT2D eigenvalue weighted by Crippen LogP contribution is 2.42. The second-order valence-electron chi connectivity index (χ2n) is 16.0. The van der Waals surface area contributed by atoms with Crippen LogP contribution in [0, 0.1) is 0 Å². The van der Waals surface area contributed by atoms with E-state index >= 15 is 0 Å². The van der Waals surface area contributed by atoms with Crippen molar-refractivity contribution >= 4 is 75.3 Å². The summed E-state index contributed by atoms with van der Waals surface area (Å²) in [7, 11) is 0. The largest absolute Gasteiger partial charge is 0.456 e. The van der Waals surface area contributed by atoms with Gasteiger partial charge in [-0.25, -0.2) is 15.0 Å². The predicted molar refractivity (Wildman–Crippen MR) is 262 cm³/mol. The van der Waals surface area contributed by atoms with Gasteiger partial charge >= 0.3 is 0 Å². The Balaban J connectivity index is 0.930. The van der Waals surface area contributed by atoms with Crippen LogP contribution in [0.15, 0.2) is 211 Å². The van der Waals surface area contributed by atoms with Gasteiger partial charge in [0.05, 0.1) is 11.0 Å². The van der Waals surface area contributed by atoms with Crippen LogP contribution < -0.4 is 0 Å². The minimum Gasteiger partial charge on any atom is -0.456 e. The topological polar surface area (TPSA) is 56.7 Å². The molecule has 9 aromatic carbocycles. The first-order chi connectivity index (χ1) is 31.2. The van der Waals surface area contributed by atoms with Crippen LogP contribution in [0.5, 0.6) is 0 Å². The van der Waals surface area contributed by atoms with Gasteiger partial charge in [-0.2, -0.15) is 0 Å². The van der Waals surface area contributed by atoms with E-state index in [0.717, 1.165) is 55.3 Å². The minimum absolute atomic E-state index is 0.587. The number of nitrogens with zero attached hydrogens (tertiary/aromatic N) is 4. The fourth-order valence-electron chi connectivity index (χ4n) is 9.28. The Morgan fingerprint density at radius 2 is 0.968 bits per heavy atom. The first-order valence-electron chi connectivity index (χ1n) is 21.1. The quantitative estimate of drug-likeness (QED) is 0.168. The van der Waals surface area contributed by atoms with Gasteiger partial charge in [-0.05, 0) is 76.9 Å². The van der Waals surface area contributed by atoms with Crippen molar-refractivity contribution in [1.82, 2.24) is 19.5 Å². The van der Waals surface area contributed by atoms with Crippen molar-refractivity contribution in [3.05, 3.63) is 206 Å². The van der Waals surface area contributed by atoms with E-state index in [-0.39, 0.29) is 0 Å². The molecule has 0 N–H and O–H groups in total. The number of thiophene rings is 1. The van der Waals surface area contributed by atoms with Gasteiger partial charge in [0.25, 0.3) is 0 Å². The fourth-order valence-corrected chi connectivity index (χ4v) is 10.4. The lowest BCUT2D eigenvalue weighted by Crippen LogP contribution is -2.00. The third-order valence-corrected chi connectivity index (χ3v) is 13.4. The van der Waals surface area contributed by atoms with E-state index < -0.39 is 0 Å². The maximum Gasteiger partial charge on any atom is 0.164 e. The highest BCUT2D eigenvalue weighted by molar-refractivity contribution is 7.26. The number of benzene rings is 9. The van der Waals surface area contributed by atoms with E-state index in [2.05, 4.69) is 180 Å². The average molecular weight is 823 g/mol. The molecule has 0 amide bonds. The maximum absolute atomic E-state index is 6.61. The van der Waals surface area contributed by atoms with Crippen LogP contribution >= 0.6 is 11.3 Å². The zero-order valence-electron chi connectivity index (χ0n) is 33.7. The number of hydrogen-bond acceptors (Lipinski definition) is 5. The molecule has 0 unspecified atom stereocenters. The number of rotatable bonds is 6. The summed E-state index contributed by atoms with van der Waals surface area (Å²) in [6.07, 6.45) is 0. The molecule has 0 aliphatic heterocycles. The molecular weight excluding hydrogens is 789 g/mol. The minimum atomic E-state index is 0.587. The van der Waals surface area contributed by atoms with Crippen molar-refractivity contribution in [2.24, 2.45) is 0 Å². The number of hydrogen-bond donors (Lipinski definition) is 0. The Morgan fingerprint density at radius 3 is 1.75 bits per heavy atom. The third-order valence-electron chi connectivity index (χ3n) is 12.3. The summed E-state index contributed by atoms with van der Waals surface area (Å²) in [5, 5.41) is 7.02.